The van der Waals surface area contributed by atoms with Crippen molar-refractivity contribution in [2.45, 2.75) is 4.90 Å². The molecule has 224 valence electrons. The highest BCUT2D eigenvalue weighted by Crippen LogP contribution is 2.28. The molecule has 3 amide bonds. The molecule has 0 saturated heterocycles. The van der Waals surface area contributed by atoms with Crippen LogP contribution in [0.25, 0.3) is 17.3 Å². The van der Waals surface area contributed by atoms with Gasteiger partial charge in [-0.1, -0.05) is 42.5 Å². The van der Waals surface area contributed by atoms with Gasteiger partial charge in [0.2, 0.25) is 5.91 Å². The van der Waals surface area contributed by atoms with Crippen molar-refractivity contribution in [2.24, 2.45) is 0 Å². The first-order chi connectivity index (χ1) is 21.8. The lowest BCUT2D eigenvalue weighted by Crippen LogP contribution is -2.30. The van der Waals surface area contributed by atoms with E-state index < -0.39 is 16.7 Å². The van der Waals surface area contributed by atoms with Crippen molar-refractivity contribution in [3.63, 3.8) is 0 Å². The summed E-state index contributed by atoms with van der Waals surface area (Å²) in [5.74, 6) is -1.19. The van der Waals surface area contributed by atoms with E-state index in [1.54, 1.807) is 96.6 Å². The minimum Gasteiger partial charge on any atom is -0.321 e. The lowest BCUT2D eigenvalue weighted by atomic mass is 10.1. The molecule has 5 rings (SSSR count). The van der Waals surface area contributed by atoms with Gasteiger partial charge in [0.1, 0.15) is 5.70 Å². The minimum absolute atomic E-state index is 0.0298. The first kappa shape index (κ1) is 30.8. The second-order valence-corrected chi connectivity index (χ2v) is 11.2. The van der Waals surface area contributed by atoms with E-state index in [1.165, 1.54) is 41.3 Å². The lowest BCUT2D eigenvalue weighted by Gasteiger charge is -2.12. The SMILES string of the molecule is O=C(CSc1cccc(NC(=O)/C(=C/c2cccnc2)NC(=O)c2ccccc2)c1)Nc1nc(-c2cccc([N+](=O)[O-])c2)cs1. The Kier molecular flexibility index (Phi) is 10.0. The van der Waals surface area contributed by atoms with Gasteiger partial charge in [-0.15, -0.1) is 23.1 Å². The van der Waals surface area contributed by atoms with Gasteiger partial charge in [0, 0.05) is 51.6 Å². The fraction of sp³-hybridized carbons (Fsp3) is 0.0312. The van der Waals surface area contributed by atoms with Gasteiger partial charge in [-0.3, -0.25) is 29.5 Å². The van der Waals surface area contributed by atoms with Crippen LogP contribution in [0, 0.1) is 10.1 Å². The molecule has 5 aromatic rings. The van der Waals surface area contributed by atoms with Gasteiger partial charge in [-0.05, 0) is 48.0 Å². The number of carbonyl (C=O) groups excluding carboxylic acids is 3. The highest BCUT2D eigenvalue weighted by Gasteiger charge is 2.16. The predicted molar refractivity (Wildman–Crippen MR) is 175 cm³/mol. The van der Waals surface area contributed by atoms with E-state index in [4.69, 9.17) is 0 Å². The van der Waals surface area contributed by atoms with Crippen LogP contribution < -0.4 is 16.0 Å². The third-order valence-electron chi connectivity index (χ3n) is 6.09. The normalized spacial score (nSPS) is 11.0. The standard InChI is InChI=1S/C32H24N6O5S2/c39-29(37-32-36-28(19-45-32)23-10-4-12-25(16-23)38(42)43)20-44-26-13-5-11-24(17-26)34-31(41)27(15-21-7-6-14-33-18-21)35-30(40)22-8-2-1-3-9-22/h1-19H,20H2,(H,34,41)(H,35,40)(H,36,37,39)/b27-15-. The van der Waals surface area contributed by atoms with Crippen molar-refractivity contribution in [2.75, 3.05) is 16.4 Å². The third-order valence-corrected chi connectivity index (χ3v) is 7.84. The molecule has 3 N–H and O–H groups in total. The van der Waals surface area contributed by atoms with Crippen molar-refractivity contribution in [1.82, 2.24) is 15.3 Å². The maximum Gasteiger partial charge on any atom is 0.272 e. The minimum atomic E-state index is -0.536. The molecular formula is C32H24N6O5S2. The average molecular weight is 637 g/mol. The molecule has 11 nitrogen and oxygen atoms in total. The number of amides is 3. The maximum atomic E-state index is 13.3. The molecular weight excluding hydrogens is 613 g/mol. The molecule has 0 unspecified atom stereocenters. The van der Waals surface area contributed by atoms with Crippen LogP contribution in [0.5, 0.6) is 0 Å². The highest BCUT2D eigenvalue weighted by atomic mass is 32.2. The zero-order valence-electron chi connectivity index (χ0n) is 23.4. The number of nitrogens with zero attached hydrogens (tertiary/aromatic N) is 3. The molecule has 0 saturated carbocycles. The van der Waals surface area contributed by atoms with Crippen LogP contribution in [0.1, 0.15) is 15.9 Å². The highest BCUT2D eigenvalue weighted by molar-refractivity contribution is 8.00. The number of thioether (sulfide) groups is 1. The Hall–Kier alpha value is -5.66. The molecule has 0 spiro atoms. The number of nitro benzene ring substituents is 1. The lowest BCUT2D eigenvalue weighted by molar-refractivity contribution is -0.384. The number of pyridine rings is 1. The van der Waals surface area contributed by atoms with Crippen LogP contribution in [0.4, 0.5) is 16.5 Å². The molecule has 0 aliphatic rings. The van der Waals surface area contributed by atoms with Crippen LogP contribution in [0.2, 0.25) is 0 Å². The molecule has 3 aromatic carbocycles. The van der Waals surface area contributed by atoms with Crippen molar-refractivity contribution < 1.29 is 19.3 Å². The molecule has 2 heterocycles. The number of anilines is 2. The van der Waals surface area contributed by atoms with Gasteiger partial charge >= 0.3 is 0 Å². The summed E-state index contributed by atoms with van der Waals surface area (Å²) in [5, 5.41) is 21.4. The zero-order chi connectivity index (χ0) is 31.6. The van der Waals surface area contributed by atoms with Crippen LogP contribution in [0.15, 0.2) is 119 Å². The number of non-ortho nitro benzene ring substituents is 1. The van der Waals surface area contributed by atoms with Gasteiger partial charge in [-0.2, -0.15) is 0 Å². The summed E-state index contributed by atoms with van der Waals surface area (Å²) in [6.07, 6.45) is 4.72. The number of nitrogens with one attached hydrogen (secondary N) is 3. The summed E-state index contributed by atoms with van der Waals surface area (Å²) >= 11 is 2.48. The van der Waals surface area contributed by atoms with E-state index in [-0.39, 0.29) is 23.0 Å². The molecule has 0 aliphatic heterocycles. The fourth-order valence-corrected chi connectivity index (χ4v) is 5.47. The number of aromatic nitrogens is 2. The molecule has 13 heteroatoms. The number of benzene rings is 3. The molecule has 45 heavy (non-hydrogen) atoms. The zero-order valence-corrected chi connectivity index (χ0v) is 25.0. The molecule has 0 aliphatic carbocycles. The Labute approximate surface area is 265 Å². The van der Waals surface area contributed by atoms with Gasteiger partial charge in [0.05, 0.1) is 16.4 Å². The van der Waals surface area contributed by atoms with Crippen molar-refractivity contribution in [3.8, 4) is 11.3 Å². The Morgan fingerprint density at radius 3 is 2.53 bits per heavy atom. The first-order valence-corrected chi connectivity index (χ1v) is 15.2. The molecule has 0 bridgehead atoms. The second-order valence-electron chi connectivity index (χ2n) is 9.33. The van der Waals surface area contributed by atoms with Gasteiger partial charge in [0.15, 0.2) is 5.13 Å². The maximum absolute atomic E-state index is 13.3. The van der Waals surface area contributed by atoms with Crippen LogP contribution in [0.3, 0.4) is 0 Å². The summed E-state index contributed by atoms with van der Waals surface area (Å²) in [7, 11) is 0. The Balaban J connectivity index is 1.21. The van der Waals surface area contributed by atoms with E-state index in [0.29, 0.717) is 33.2 Å². The van der Waals surface area contributed by atoms with Crippen LogP contribution in [-0.2, 0) is 9.59 Å². The van der Waals surface area contributed by atoms with Crippen molar-refractivity contribution >= 4 is 63.4 Å². The monoisotopic (exact) mass is 636 g/mol. The quantitative estimate of drug-likeness (QED) is 0.0664. The summed E-state index contributed by atoms with van der Waals surface area (Å²) < 4.78 is 0. The summed E-state index contributed by atoms with van der Waals surface area (Å²) in [5.41, 5.74) is 2.58. The summed E-state index contributed by atoms with van der Waals surface area (Å²) in [4.78, 5) is 58.5. The fourth-order valence-electron chi connectivity index (χ4n) is 3.98. The van der Waals surface area contributed by atoms with E-state index in [1.807, 2.05) is 0 Å². The molecule has 0 radical (unpaired) electrons. The van der Waals surface area contributed by atoms with Gasteiger partial charge in [0.25, 0.3) is 17.5 Å². The average Bonchev–Trinajstić information content (AvgIpc) is 3.53. The number of rotatable bonds is 11. The molecule has 2 aromatic heterocycles. The van der Waals surface area contributed by atoms with Crippen LogP contribution in [-0.4, -0.2) is 38.4 Å². The Morgan fingerprint density at radius 2 is 1.76 bits per heavy atom. The van der Waals surface area contributed by atoms with E-state index in [9.17, 15) is 24.5 Å². The Bertz CT molecular complexity index is 1880. The molecule has 0 fully saturated rings. The van der Waals surface area contributed by atoms with E-state index in [0.717, 1.165) is 4.90 Å². The number of thiazole rings is 1. The topological polar surface area (TPSA) is 156 Å². The summed E-state index contributed by atoms with van der Waals surface area (Å²) in [6.45, 7) is 0. The third kappa shape index (κ3) is 8.69. The number of carbonyl (C=O) groups is 3. The Morgan fingerprint density at radius 1 is 0.933 bits per heavy atom. The van der Waals surface area contributed by atoms with E-state index in [2.05, 4.69) is 25.9 Å². The number of hydrogen-bond acceptors (Lipinski definition) is 9. The van der Waals surface area contributed by atoms with E-state index >= 15 is 0 Å². The van der Waals surface area contributed by atoms with Crippen molar-refractivity contribution in [3.05, 3.63) is 136 Å². The largest absolute Gasteiger partial charge is 0.321 e. The van der Waals surface area contributed by atoms with Gasteiger partial charge < -0.3 is 16.0 Å². The first-order valence-electron chi connectivity index (χ1n) is 13.4. The molecule has 0 atom stereocenters. The van der Waals surface area contributed by atoms with Crippen LogP contribution >= 0.6 is 23.1 Å². The summed E-state index contributed by atoms with van der Waals surface area (Å²) in [6, 6.07) is 25.1. The number of hydrogen-bond donors (Lipinski definition) is 3. The smallest absolute Gasteiger partial charge is 0.272 e. The predicted octanol–water partition coefficient (Wildman–Crippen LogP) is 6.25. The van der Waals surface area contributed by atoms with Crippen molar-refractivity contribution in [1.29, 1.82) is 0 Å². The second kappa shape index (κ2) is 14.7. The number of nitro groups is 1. The van der Waals surface area contributed by atoms with Gasteiger partial charge in [-0.25, -0.2) is 4.98 Å².